The van der Waals surface area contributed by atoms with E-state index < -0.39 is 0 Å². The molecule has 0 aliphatic carbocycles. The van der Waals surface area contributed by atoms with Gasteiger partial charge in [-0.15, -0.1) is 11.3 Å². The zero-order valence-corrected chi connectivity index (χ0v) is 23.3. The second-order valence-corrected chi connectivity index (χ2v) is 10.2. The number of rotatable bonds is 10. The van der Waals surface area contributed by atoms with Gasteiger partial charge in [0.2, 0.25) is 0 Å². The highest BCUT2D eigenvalue weighted by atomic mass is 35.5. The van der Waals surface area contributed by atoms with Crippen molar-refractivity contribution < 1.29 is 14.3 Å². The van der Waals surface area contributed by atoms with Gasteiger partial charge in [-0.2, -0.15) is 0 Å². The number of benzene rings is 1. The van der Waals surface area contributed by atoms with E-state index in [1.54, 1.807) is 24.7 Å². The Morgan fingerprint density at radius 3 is 2.79 bits per heavy atom. The molecule has 9 heteroatoms. The van der Waals surface area contributed by atoms with E-state index in [0.717, 1.165) is 44.0 Å². The normalized spacial score (nSPS) is 12.3. The highest BCUT2D eigenvalue weighted by molar-refractivity contribution is 7.09. The molecule has 3 heterocycles. The molecule has 1 aromatic carbocycles. The lowest BCUT2D eigenvalue weighted by Crippen LogP contribution is -2.15. The third-order valence-corrected chi connectivity index (χ3v) is 7.17. The summed E-state index contributed by atoms with van der Waals surface area (Å²) in [7, 11) is 4.00. The molecular weight excluding hydrogens is 520 g/mol. The van der Waals surface area contributed by atoms with E-state index >= 15 is 0 Å². The Labute approximate surface area is 231 Å². The number of allylic oxidation sites excluding steroid dienone is 2. The van der Waals surface area contributed by atoms with Gasteiger partial charge in [-0.05, 0) is 30.7 Å². The summed E-state index contributed by atoms with van der Waals surface area (Å²) in [6, 6.07) is 7.95. The quantitative estimate of drug-likeness (QED) is 0.167. The number of nitrogens with zero attached hydrogens (tertiary/aromatic N) is 4. The summed E-state index contributed by atoms with van der Waals surface area (Å²) in [4.78, 5) is 27.2. The maximum absolute atomic E-state index is 11.6. The number of aromatic nitrogens is 3. The number of halogens is 1. The molecule has 7 nitrogen and oxygen atoms in total. The van der Waals surface area contributed by atoms with Crippen LogP contribution in [0.4, 0.5) is 0 Å². The van der Waals surface area contributed by atoms with E-state index in [0.29, 0.717) is 10.8 Å². The number of para-hydroxylation sites is 1. The number of hydrogen-bond acceptors (Lipinski definition) is 8. The number of pyridine rings is 2. The first-order valence-electron chi connectivity index (χ1n) is 12.0. The Balaban J connectivity index is 1.74. The van der Waals surface area contributed by atoms with Crippen LogP contribution in [0.3, 0.4) is 0 Å². The molecule has 0 N–H and O–H groups in total. The van der Waals surface area contributed by atoms with Crippen LogP contribution in [0.1, 0.15) is 40.2 Å². The van der Waals surface area contributed by atoms with E-state index in [1.165, 1.54) is 18.3 Å². The van der Waals surface area contributed by atoms with Gasteiger partial charge in [-0.3, -0.25) is 9.78 Å². The summed E-state index contributed by atoms with van der Waals surface area (Å²) in [6.45, 7) is 7.52. The first-order chi connectivity index (χ1) is 18.3. The van der Waals surface area contributed by atoms with Gasteiger partial charge in [0.05, 0.1) is 10.9 Å². The number of aryl methyl sites for hydroxylation is 1. The van der Waals surface area contributed by atoms with Crippen LogP contribution in [0, 0.1) is 6.92 Å². The van der Waals surface area contributed by atoms with Crippen LogP contribution in [0.15, 0.2) is 67.0 Å². The van der Waals surface area contributed by atoms with Gasteiger partial charge in [0.1, 0.15) is 29.5 Å². The molecule has 0 aliphatic rings. The largest absolute Gasteiger partial charge is 0.487 e. The fourth-order valence-corrected chi connectivity index (χ4v) is 5.21. The summed E-state index contributed by atoms with van der Waals surface area (Å²) in [5.41, 5.74) is 5.22. The van der Waals surface area contributed by atoms with Gasteiger partial charge in [0.15, 0.2) is 0 Å². The second-order valence-electron chi connectivity index (χ2n) is 8.85. The Morgan fingerprint density at radius 2 is 2.11 bits per heavy atom. The van der Waals surface area contributed by atoms with Crippen molar-refractivity contribution in [2.45, 2.75) is 26.4 Å². The standard InChI is InChI=1S/C29H29ClN4O3S/c1-6-8-26(34(4)5)21-13-18(2)33-28-20(21)9-7-10-27(28)37-16-23-22(14-31-15-25(23)30)24(17-36-19(3)35)29-32-11-12-38-29/h6-15,24H,1,16-17H2,2-5H3/b26-8-. The molecule has 0 saturated heterocycles. The number of esters is 1. The molecule has 0 aliphatic heterocycles. The SMILES string of the molecule is C=C/C=C(/c1cc(C)nc2c(OCc3c(Cl)cncc3C(COC(C)=O)c3nccs3)cccc12)N(C)C. The molecule has 1 atom stereocenters. The first-order valence-corrected chi connectivity index (χ1v) is 13.2. The van der Waals surface area contributed by atoms with Crippen molar-refractivity contribution in [1.82, 2.24) is 19.9 Å². The molecule has 3 aromatic heterocycles. The summed E-state index contributed by atoms with van der Waals surface area (Å²) in [5, 5.41) is 4.11. The summed E-state index contributed by atoms with van der Waals surface area (Å²) in [6.07, 6.45) is 8.79. The lowest BCUT2D eigenvalue weighted by atomic mass is 9.97. The Hall–Kier alpha value is -3.75. The van der Waals surface area contributed by atoms with Gasteiger partial charge in [-0.25, -0.2) is 9.97 Å². The molecule has 1 unspecified atom stereocenters. The van der Waals surface area contributed by atoms with Crippen LogP contribution in [0.25, 0.3) is 16.6 Å². The van der Waals surface area contributed by atoms with Gasteiger partial charge < -0.3 is 14.4 Å². The average Bonchev–Trinajstić information content (AvgIpc) is 3.41. The summed E-state index contributed by atoms with van der Waals surface area (Å²) in [5.74, 6) is -0.0569. The third-order valence-electron chi connectivity index (χ3n) is 5.95. The second kappa shape index (κ2) is 12.2. The maximum atomic E-state index is 11.6. The molecule has 0 saturated carbocycles. The molecule has 0 bridgehead atoms. The topological polar surface area (TPSA) is 77.4 Å². The predicted octanol–water partition coefficient (Wildman–Crippen LogP) is 6.41. The fraction of sp³-hybridized carbons (Fsp3) is 0.241. The third kappa shape index (κ3) is 6.03. The van der Waals surface area contributed by atoms with Crippen molar-refractivity contribution in [2.75, 3.05) is 20.7 Å². The van der Waals surface area contributed by atoms with Crippen LogP contribution in [-0.2, 0) is 16.1 Å². The summed E-state index contributed by atoms with van der Waals surface area (Å²) < 4.78 is 11.8. The van der Waals surface area contributed by atoms with E-state index in [1.807, 2.05) is 55.6 Å². The minimum atomic E-state index is -0.366. The minimum absolute atomic E-state index is 0.124. The average molecular weight is 549 g/mol. The van der Waals surface area contributed by atoms with Crippen molar-refractivity contribution in [2.24, 2.45) is 0 Å². The molecule has 0 amide bonds. The number of hydrogen-bond donors (Lipinski definition) is 0. The van der Waals surface area contributed by atoms with Crippen molar-refractivity contribution in [3.05, 3.63) is 99.4 Å². The van der Waals surface area contributed by atoms with Gasteiger partial charge in [-0.1, -0.05) is 36.4 Å². The number of carbonyl (C=O) groups excluding carboxylic acids is 1. The molecule has 196 valence electrons. The van der Waals surface area contributed by atoms with E-state index in [9.17, 15) is 4.79 Å². The Bertz CT molecular complexity index is 1480. The number of fused-ring (bicyclic) bond motifs is 1. The molecule has 4 aromatic rings. The minimum Gasteiger partial charge on any atom is -0.487 e. The molecule has 38 heavy (non-hydrogen) atoms. The fourth-order valence-electron chi connectivity index (χ4n) is 4.25. The highest BCUT2D eigenvalue weighted by Crippen LogP contribution is 2.35. The van der Waals surface area contributed by atoms with Crippen LogP contribution in [-0.4, -0.2) is 46.5 Å². The zero-order valence-electron chi connectivity index (χ0n) is 21.8. The van der Waals surface area contributed by atoms with E-state index in [4.69, 9.17) is 26.1 Å². The molecular formula is C29H29ClN4O3S. The van der Waals surface area contributed by atoms with Crippen LogP contribution >= 0.6 is 22.9 Å². The number of ether oxygens (including phenoxy) is 2. The van der Waals surface area contributed by atoms with Gasteiger partial charge in [0, 0.05) is 72.9 Å². The lowest BCUT2D eigenvalue weighted by molar-refractivity contribution is -0.141. The Kier molecular flexibility index (Phi) is 8.76. The monoisotopic (exact) mass is 548 g/mol. The van der Waals surface area contributed by atoms with Crippen LogP contribution < -0.4 is 4.74 Å². The highest BCUT2D eigenvalue weighted by Gasteiger charge is 2.24. The van der Waals surface area contributed by atoms with Crippen molar-refractivity contribution in [3.8, 4) is 5.75 Å². The van der Waals surface area contributed by atoms with Gasteiger partial charge in [0.25, 0.3) is 0 Å². The van der Waals surface area contributed by atoms with E-state index in [-0.39, 0.29) is 25.1 Å². The van der Waals surface area contributed by atoms with Crippen molar-refractivity contribution in [1.29, 1.82) is 0 Å². The number of carbonyl (C=O) groups is 1. The van der Waals surface area contributed by atoms with E-state index in [2.05, 4.69) is 22.6 Å². The predicted molar refractivity (Wildman–Crippen MR) is 153 cm³/mol. The molecule has 0 fully saturated rings. The maximum Gasteiger partial charge on any atom is 0.302 e. The number of thiazole rings is 1. The smallest absolute Gasteiger partial charge is 0.302 e. The molecule has 4 rings (SSSR count). The van der Waals surface area contributed by atoms with Crippen LogP contribution in [0.5, 0.6) is 5.75 Å². The summed E-state index contributed by atoms with van der Waals surface area (Å²) >= 11 is 8.12. The van der Waals surface area contributed by atoms with Crippen molar-refractivity contribution in [3.63, 3.8) is 0 Å². The van der Waals surface area contributed by atoms with Crippen LogP contribution in [0.2, 0.25) is 5.02 Å². The van der Waals surface area contributed by atoms with Gasteiger partial charge >= 0.3 is 5.97 Å². The molecule has 0 radical (unpaired) electrons. The van der Waals surface area contributed by atoms with Crippen molar-refractivity contribution >= 4 is 45.5 Å². The first kappa shape index (κ1) is 27.3. The zero-order chi connectivity index (χ0) is 27.2. The molecule has 0 spiro atoms. The Morgan fingerprint density at radius 1 is 1.29 bits per heavy atom. The lowest BCUT2D eigenvalue weighted by Gasteiger charge is -2.21.